The maximum absolute atomic E-state index is 13.0. The van der Waals surface area contributed by atoms with Gasteiger partial charge in [0.1, 0.15) is 6.33 Å². The predicted molar refractivity (Wildman–Crippen MR) is 106 cm³/mol. The molecule has 2 saturated heterocycles. The quantitative estimate of drug-likeness (QED) is 0.779. The summed E-state index contributed by atoms with van der Waals surface area (Å²) in [6.45, 7) is 0. The smallest absolute Gasteiger partial charge is 0.253 e. The number of carbonyl (C=O) groups is 1. The lowest BCUT2D eigenvalue weighted by atomic mass is 9.98. The van der Waals surface area contributed by atoms with Crippen LogP contribution in [0.2, 0.25) is 0 Å². The second-order valence-corrected chi connectivity index (χ2v) is 7.83. The average Bonchev–Trinajstić information content (AvgIpc) is 3.29. The van der Waals surface area contributed by atoms with Crippen molar-refractivity contribution >= 4 is 16.9 Å². The van der Waals surface area contributed by atoms with Crippen molar-refractivity contribution in [2.45, 2.75) is 43.8 Å². The molecule has 27 heavy (non-hydrogen) atoms. The number of amides is 1. The number of nitrogens with one attached hydrogen (secondary N) is 1. The van der Waals surface area contributed by atoms with Crippen LogP contribution in [0.4, 0.5) is 0 Å². The largest absolute Gasteiger partial charge is 0.339 e. The number of benzene rings is 2. The highest BCUT2D eigenvalue weighted by molar-refractivity contribution is 5.94. The summed E-state index contributed by atoms with van der Waals surface area (Å²) < 4.78 is 2.05. The average molecular weight is 360 g/mol. The minimum absolute atomic E-state index is 0.114. The number of hydrogen-bond donors (Lipinski definition) is 1. The lowest BCUT2D eigenvalue weighted by Gasteiger charge is -2.35. The molecule has 0 aliphatic carbocycles. The molecule has 2 fully saturated rings. The summed E-state index contributed by atoms with van der Waals surface area (Å²) in [5, 5.41) is 3.64. The lowest BCUT2D eigenvalue weighted by molar-refractivity contribution is 0.0681. The molecule has 2 aromatic carbocycles. The first-order chi connectivity index (χ1) is 13.2. The van der Waals surface area contributed by atoms with E-state index in [4.69, 9.17) is 0 Å². The topological polar surface area (TPSA) is 50.2 Å². The summed E-state index contributed by atoms with van der Waals surface area (Å²) >= 11 is 0. The van der Waals surface area contributed by atoms with Gasteiger partial charge in [0.2, 0.25) is 0 Å². The normalized spacial score (nSPS) is 24.3. The van der Waals surface area contributed by atoms with Gasteiger partial charge in [-0.1, -0.05) is 12.1 Å². The monoisotopic (exact) mass is 360 g/mol. The van der Waals surface area contributed by atoms with E-state index in [1.165, 1.54) is 12.8 Å². The van der Waals surface area contributed by atoms with E-state index in [1.54, 1.807) is 0 Å². The van der Waals surface area contributed by atoms with Crippen LogP contribution in [0.15, 0.2) is 54.9 Å². The number of fused-ring (bicyclic) bond motifs is 3. The first kappa shape index (κ1) is 16.5. The van der Waals surface area contributed by atoms with Crippen molar-refractivity contribution in [3.63, 3.8) is 0 Å². The standard InChI is InChI=1S/C22H24N4O/c1-25(19-12-16-8-9-17(13-19)24-16)22(27)15-6-10-18(11-7-15)26-14-23-20-4-2-3-5-21(20)26/h2-7,10-11,14,16-17,19,24H,8-9,12-13H2,1H3. The zero-order valence-electron chi connectivity index (χ0n) is 15.5. The van der Waals surface area contributed by atoms with E-state index in [-0.39, 0.29) is 5.91 Å². The fourth-order valence-electron chi connectivity index (χ4n) is 4.64. The molecule has 5 rings (SSSR count). The van der Waals surface area contributed by atoms with Crippen molar-refractivity contribution in [3.8, 4) is 5.69 Å². The maximum atomic E-state index is 13.0. The highest BCUT2D eigenvalue weighted by atomic mass is 16.2. The molecule has 5 nitrogen and oxygen atoms in total. The Morgan fingerprint density at radius 2 is 1.78 bits per heavy atom. The van der Waals surface area contributed by atoms with Crippen molar-refractivity contribution in [1.29, 1.82) is 0 Å². The second kappa shape index (κ2) is 6.50. The van der Waals surface area contributed by atoms with E-state index < -0.39 is 0 Å². The van der Waals surface area contributed by atoms with Crippen LogP contribution in [0.1, 0.15) is 36.0 Å². The second-order valence-electron chi connectivity index (χ2n) is 7.83. The number of hydrogen-bond acceptors (Lipinski definition) is 3. The predicted octanol–water partition coefficient (Wildman–Crippen LogP) is 3.38. The van der Waals surface area contributed by atoms with Gasteiger partial charge in [0.05, 0.1) is 11.0 Å². The first-order valence-corrected chi connectivity index (χ1v) is 9.75. The molecule has 1 N–H and O–H groups in total. The summed E-state index contributed by atoms with van der Waals surface area (Å²) in [5.74, 6) is 0.114. The summed E-state index contributed by atoms with van der Waals surface area (Å²) in [6, 6.07) is 17.4. The van der Waals surface area contributed by atoms with Gasteiger partial charge in [0.25, 0.3) is 5.91 Å². The Kier molecular flexibility index (Phi) is 3.97. The Morgan fingerprint density at radius 1 is 1.07 bits per heavy atom. The first-order valence-electron chi connectivity index (χ1n) is 9.75. The number of aromatic nitrogens is 2. The van der Waals surface area contributed by atoms with Gasteiger partial charge in [-0.3, -0.25) is 9.36 Å². The molecule has 0 spiro atoms. The van der Waals surface area contributed by atoms with Gasteiger partial charge in [0, 0.05) is 36.4 Å². The van der Waals surface area contributed by atoms with Crippen LogP contribution >= 0.6 is 0 Å². The maximum Gasteiger partial charge on any atom is 0.253 e. The molecule has 138 valence electrons. The van der Waals surface area contributed by atoms with E-state index >= 15 is 0 Å². The molecular weight excluding hydrogens is 336 g/mol. The number of carbonyl (C=O) groups excluding carboxylic acids is 1. The number of rotatable bonds is 3. The fourth-order valence-corrected chi connectivity index (χ4v) is 4.64. The number of piperidine rings is 1. The van der Waals surface area contributed by atoms with Gasteiger partial charge in [0.15, 0.2) is 0 Å². The third kappa shape index (κ3) is 2.92. The molecule has 2 atom stereocenters. The highest BCUT2D eigenvalue weighted by Gasteiger charge is 2.36. The molecule has 3 aromatic rings. The van der Waals surface area contributed by atoms with Crippen LogP contribution in [0.25, 0.3) is 16.7 Å². The molecule has 2 unspecified atom stereocenters. The Bertz CT molecular complexity index is 965. The zero-order chi connectivity index (χ0) is 18.4. The molecule has 1 amide bonds. The molecule has 2 bridgehead atoms. The van der Waals surface area contributed by atoms with E-state index in [1.807, 2.05) is 60.7 Å². The SMILES string of the molecule is CN(C(=O)c1ccc(-n2cnc3ccccc32)cc1)C1CC2CCC(C1)N2. The highest BCUT2D eigenvalue weighted by Crippen LogP contribution is 2.30. The van der Waals surface area contributed by atoms with Gasteiger partial charge in [-0.05, 0) is 62.1 Å². The van der Waals surface area contributed by atoms with Crippen LogP contribution in [0.5, 0.6) is 0 Å². The third-order valence-electron chi connectivity index (χ3n) is 6.16. The summed E-state index contributed by atoms with van der Waals surface area (Å²) in [7, 11) is 1.95. The molecular formula is C22H24N4O. The van der Waals surface area contributed by atoms with Crippen molar-refractivity contribution in [1.82, 2.24) is 19.8 Å². The lowest BCUT2D eigenvalue weighted by Crippen LogP contribution is -2.48. The third-order valence-corrected chi connectivity index (χ3v) is 6.16. The Labute approximate surface area is 159 Å². The number of para-hydroxylation sites is 2. The van der Waals surface area contributed by atoms with Gasteiger partial charge >= 0.3 is 0 Å². The fraction of sp³-hybridized carbons (Fsp3) is 0.364. The van der Waals surface area contributed by atoms with E-state index in [2.05, 4.69) is 20.9 Å². The minimum atomic E-state index is 0.114. The van der Waals surface area contributed by atoms with Crippen LogP contribution in [-0.4, -0.2) is 45.5 Å². The number of nitrogens with zero attached hydrogens (tertiary/aromatic N) is 3. The number of imidazole rings is 1. The van der Waals surface area contributed by atoms with E-state index in [0.29, 0.717) is 18.1 Å². The van der Waals surface area contributed by atoms with Gasteiger partial charge in [-0.15, -0.1) is 0 Å². The molecule has 2 aliphatic rings. The molecule has 0 saturated carbocycles. The van der Waals surface area contributed by atoms with Crippen LogP contribution in [0, 0.1) is 0 Å². The molecule has 0 radical (unpaired) electrons. The molecule has 1 aromatic heterocycles. The van der Waals surface area contributed by atoms with Crippen LogP contribution in [-0.2, 0) is 0 Å². The molecule has 2 aliphatic heterocycles. The van der Waals surface area contributed by atoms with Gasteiger partial charge in [-0.25, -0.2) is 4.98 Å². The van der Waals surface area contributed by atoms with Gasteiger partial charge in [-0.2, -0.15) is 0 Å². The zero-order valence-corrected chi connectivity index (χ0v) is 15.5. The minimum Gasteiger partial charge on any atom is -0.339 e. The molecule has 3 heterocycles. The Balaban J connectivity index is 1.36. The van der Waals surface area contributed by atoms with E-state index in [9.17, 15) is 4.79 Å². The van der Waals surface area contributed by atoms with Gasteiger partial charge < -0.3 is 10.2 Å². The van der Waals surface area contributed by atoms with Crippen molar-refractivity contribution in [3.05, 3.63) is 60.4 Å². The summed E-state index contributed by atoms with van der Waals surface area (Å²) in [4.78, 5) is 19.4. The summed E-state index contributed by atoms with van der Waals surface area (Å²) in [5.41, 5.74) is 3.80. The molecule has 5 heteroatoms. The Hall–Kier alpha value is -2.66. The van der Waals surface area contributed by atoms with E-state index in [0.717, 1.165) is 35.1 Å². The summed E-state index contributed by atoms with van der Waals surface area (Å²) in [6.07, 6.45) is 6.46. The Morgan fingerprint density at radius 3 is 2.52 bits per heavy atom. The van der Waals surface area contributed by atoms with Crippen LogP contribution < -0.4 is 5.32 Å². The van der Waals surface area contributed by atoms with Crippen molar-refractivity contribution in [2.75, 3.05) is 7.05 Å². The van der Waals surface area contributed by atoms with Crippen molar-refractivity contribution in [2.24, 2.45) is 0 Å². The van der Waals surface area contributed by atoms with Crippen molar-refractivity contribution < 1.29 is 4.79 Å². The van der Waals surface area contributed by atoms with Crippen LogP contribution in [0.3, 0.4) is 0 Å².